The summed E-state index contributed by atoms with van der Waals surface area (Å²) in [7, 11) is 0. The summed E-state index contributed by atoms with van der Waals surface area (Å²) < 4.78 is 1.72. The molecule has 19 heavy (non-hydrogen) atoms. The molecular weight excluding hydrogens is 246 g/mol. The maximum atomic E-state index is 10.5. The molecule has 2 aromatic rings. The molecule has 0 amide bonds. The molecule has 7 heteroatoms. The molecule has 0 aliphatic heterocycles. The maximum Gasteiger partial charge on any atom is 0.269 e. The van der Waals surface area contributed by atoms with Crippen molar-refractivity contribution in [3.63, 3.8) is 0 Å². The summed E-state index contributed by atoms with van der Waals surface area (Å²) in [4.78, 5) is 10.1. The van der Waals surface area contributed by atoms with E-state index < -0.39 is 4.92 Å². The summed E-state index contributed by atoms with van der Waals surface area (Å²) in [6.07, 6.45) is 2.55. The Bertz CT molecular complexity index is 562. The third kappa shape index (κ3) is 3.35. The van der Waals surface area contributed by atoms with Gasteiger partial charge in [0.2, 0.25) is 0 Å². The first-order valence-electron chi connectivity index (χ1n) is 5.95. The van der Waals surface area contributed by atoms with Gasteiger partial charge in [0, 0.05) is 24.7 Å². The molecule has 0 spiro atoms. The van der Waals surface area contributed by atoms with Gasteiger partial charge in [-0.05, 0) is 18.9 Å². The van der Waals surface area contributed by atoms with Gasteiger partial charge in [0.1, 0.15) is 0 Å². The molecule has 0 bridgehead atoms. The molecule has 0 radical (unpaired) electrons. The molecule has 1 aromatic heterocycles. The van der Waals surface area contributed by atoms with Crippen LogP contribution in [0.25, 0.3) is 0 Å². The molecule has 1 unspecified atom stereocenters. The second-order valence-corrected chi connectivity index (χ2v) is 4.37. The van der Waals surface area contributed by atoms with E-state index in [-0.39, 0.29) is 11.7 Å². The maximum absolute atomic E-state index is 10.5. The normalized spacial score (nSPS) is 12.3. The Labute approximate surface area is 110 Å². The van der Waals surface area contributed by atoms with Crippen LogP contribution >= 0.6 is 0 Å². The van der Waals surface area contributed by atoms with Crippen molar-refractivity contribution in [3.05, 3.63) is 51.8 Å². The van der Waals surface area contributed by atoms with Gasteiger partial charge in [0.05, 0.1) is 16.8 Å². The number of aryl methyl sites for hydroxylation is 2. The third-order valence-electron chi connectivity index (χ3n) is 2.80. The highest BCUT2D eigenvalue weighted by Gasteiger charge is 2.06. The molecule has 0 fully saturated rings. The topological polar surface area (TPSA) is 99.9 Å². The molecule has 1 aromatic carbocycles. The largest absolute Gasteiger partial charge is 0.323 e. The van der Waals surface area contributed by atoms with E-state index in [0.717, 1.165) is 17.7 Å². The van der Waals surface area contributed by atoms with Gasteiger partial charge >= 0.3 is 0 Å². The van der Waals surface area contributed by atoms with Gasteiger partial charge in [-0.3, -0.25) is 14.8 Å². The molecule has 2 N–H and O–H groups in total. The van der Waals surface area contributed by atoms with E-state index in [9.17, 15) is 10.1 Å². The zero-order valence-electron chi connectivity index (χ0n) is 10.6. The first-order chi connectivity index (χ1) is 9.06. The molecule has 0 saturated heterocycles. The SMILES string of the molecule is CC(N)c1cn(CCc2ccc([N+](=O)[O-])cc2)nn1. The first kappa shape index (κ1) is 13.2. The molecule has 0 aliphatic carbocycles. The number of hydrogen-bond acceptors (Lipinski definition) is 5. The Morgan fingerprint density at radius 1 is 1.42 bits per heavy atom. The number of non-ortho nitro benzene ring substituents is 1. The van der Waals surface area contributed by atoms with Gasteiger partial charge in [-0.25, -0.2) is 0 Å². The van der Waals surface area contributed by atoms with Crippen molar-refractivity contribution in [2.75, 3.05) is 0 Å². The van der Waals surface area contributed by atoms with E-state index in [1.807, 2.05) is 13.1 Å². The second kappa shape index (κ2) is 5.57. The van der Waals surface area contributed by atoms with Crippen molar-refractivity contribution in [3.8, 4) is 0 Å². The monoisotopic (exact) mass is 261 g/mol. The number of aromatic nitrogens is 3. The molecule has 0 saturated carbocycles. The van der Waals surface area contributed by atoms with Crippen LogP contribution in [0.3, 0.4) is 0 Å². The van der Waals surface area contributed by atoms with Crippen LogP contribution in [0.15, 0.2) is 30.5 Å². The van der Waals surface area contributed by atoms with Crippen LogP contribution in [0.2, 0.25) is 0 Å². The van der Waals surface area contributed by atoms with Gasteiger partial charge in [-0.1, -0.05) is 17.3 Å². The quantitative estimate of drug-likeness (QED) is 0.648. The Balaban J connectivity index is 1.96. The standard InChI is InChI=1S/C12H15N5O2/c1-9(13)12-8-16(15-14-12)7-6-10-2-4-11(5-3-10)17(18)19/h2-5,8-9H,6-7,13H2,1H3. The number of benzene rings is 1. The summed E-state index contributed by atoms with van der Waals surface area (Å²) in [5, 5.41) is 18.5. The molecule has 0 aliphatic rings. The molecular formula is C12H15N5O2. The van der Waals surface area contributed by atoms with Gasteiger partial charge in [-0.2, -0.15) is 0 Å². The number of rotatable bonds is 5. The second-order valence-electron chi connectivity index (χ2n) is 4.37. The summed E-state index contributed by atoms with van der Waals surface area (Å²) in [6.45, 7) is 2.52. The van der Waals surface area contributed by atoms with Crippen molar-refractivity contribution in [2.24, 2.45) is 5.73 Å². The lowest BCUT2D eigenvalue weighted by atomic mass is 10.1. The van der Waals surface area contributed by atoms with E-state index in [4.69, 9.17) is 5.73 Å². The van der Waals surface area contributed by atoms with Crippen LogP contribution in [-0.4, -0.2) is 19.9 Å². The fourth-order valence-electron chi connectivity index (χ4n) is 1.66. The lowest BCUT2D eigenvalue weighted by Gasteiger charge is -2.01. The number of hydrogen-bond donors (Lipinski definition) is 1. The third-order valence-corrected chi connectivity index (χ3v) is 2.80. The van der Waals surface area contributed by atoms with Gasteiger partial charge < -0.3 is 5.73 Å². The van der Waals surface area contributed by atoms with Crippen molar-refractivity contribution in [1.29, 1.82) is 0 Å². The van der Waals surface area contributed by atoms with Gasteiger partial charge in [0.25, 0.3) is 5.69 Å². The fraction of sp³-hybridized carbons (Fsp3) is 0.333. The van der Waals surface area contributed by atoms with Gasteiger partial charge in [0.15, 0.2) is 0 Å². The number of nitrogens with two attached hydrogens (primary N) is 1. The highest BCUT2D eigenvalue weighted by molar-refractivity contribution is 5.32. The minimum atomic E-state index is -0.407. The van der Waals surface area contributed by atoms with Crippen molar-refractivity contribution in [1.82, 2.24) is 15.0 Å². The highest BCUT2D eigenvalue weighted by Crippen LogP contribution is 2.12. The minimum Gasteiger partial charge on any atom is -0.323 e. The van der Waals surface area contributed by atoms with E-state index >= 15 is 0 Å². The number of nitrogens with zero attached hydrogens (tertiary/aromatic N) is 4. The Kier molecular flexibility index (Phi) is 3.86. The summed E-state index contributed by atoms with van der Waals surface area (Å²) in [6, 6.07) is 6.38. The fourth-order valence-corrected chi connectivity index (χ4v) is 1.66. The lowest BCUT2D eigenvalue weighted by molar-refractivity contribution is -0.384. The summed E-state index contributed by atoms with van der Waals surface area (Å²) >= 11 is 0. The Morgan fingerprint density at radius 3 is 2.63 bits per heavy atom. The van der Waals surface area contributed by atoms with Crippen LogP contribution in [0, 0.1) is 10.1 Å². The number of nitro groups is 1. The van der Waals surface area contributed by atoms with E-state index in [1.54, 1.807) is 16.8 Å². The van der Waals surface area contributed by atoms with E-state index in [2.05, 4.69) is 10.3 Å². The number of nitro benzene ring substituents is 1. The lowest BCUT2D eigenvalue weighted by Crippen LogP contribution is -2.05. The van der Waals surface area contributed by atoms with Crippen LogP contribution in [-0.2, 0) is 13.0 Å². The van der Waals surface area contributed by atoms with Crippen LogP contribution < -0.4 is 5.73 Å². The zero-order valence-corrected chi connectivity index (χ0v) is 10.6. The first-order valence-corrected chi connectivity index (χ1v) is 5.95. The highest BCUT2D eigenvalue weighted by atomic mass is 16.6. The van der Waals surface area contributed by atoms with Crippen LogP contribution in [0.5, 0.6) is 0 Å². The molecule has 1 atom stereocenters. The zero-order chi connectivity index (χ0) is 13.8. The van der Waals surface area contributed by atoms with E-state index in [0.29, 0.717) is 6.54 Å². The predicted molar refractivity (Wildman–Crippen MR) is 69.4 cm³/mol. The molecule has 100 valence electrons. The molecule has 2 rings (SSSR count). The van der Waals surface area contributed by atoms with E-state index in [1.165, 1.54) is 12.1 Å². The van der Waals surface area contributed by atoms with Gasteiger partial charge in [-0.15, -0.1) is 5.10 Å². The van der Waals surface area contributed by atoms with Crippen LogP contribution in [0.4, 0.5) is 5.69 Å². The predicted octanol–water partition coefficient (Wildman–Crippen LogP) is 1.45. The summed E-state index contributed by atoms with van der Waals surface area (Å²) in [5.74, 6) is 0. The smallest absolute Gasteiger partial charge is 0.269 e. The van der Waals surface area contributed by atoms with Crippen molar-refractivity contribution in [2.45, 2.75) is 25.9 Å². The van der Waals surface area contributed by atoms with Crippen molar-refractivity contribution >= 4 is 5.69 Å². The minimum absolute atomic E-state index is 0.101. The average Bonchev–Trinajstić information content (AvgIpc) is 2.86. The van der Waals surface area contributed by atoms with Crippen LogP contribution in [0.1, 0.15) is 24.2 Å². The summed E-state index contributed by atoms with van der Waals surface area (Å²) in [5.41, 5.74) is 7.57. The average molecular weight is 261 g/mol. The Hall–Kier alpha value is -2.28. The van der Waals surface area contributed by atoms with Crippen molar-refractivity contribution < 1.29 is 4.92 Å². The molecule has 1 heterocycles. The molecule has 7 nitrogen and oxygen atoms in total. The Morgan fingerprint density at radius 2 is 2.11 bits per heavy atom.